The molecule has 2 aromatic carbocycles. The second-order valence-electron chi connectivity index (χ2n) is 8.07. The number of anilines is 2. The molecular weight excluding hydrogens is 458 g/mol. The van der Waals surface area contributed by atoms with Gasteiger partial charge in [-0.15, -0.1) is 11.3 Å². The lowest BCUT2D eigenvalue weighted by atomic mass is 9.95. The smallest absolute Gasteiger partial charge is 0.264 e. The minimum absolute atomic E-state index is 0.00109. The van der Waals surface area contributed by atoms with E-state index in [9.17, 15) is 18.0 Å². The van der Waals surface area contributed by atoms with Crippen molar-refractivity contribution in [3.05, 3.63) is 75.7 Å². The van der Waals surface area contributed by atoms with E-state index in [4.69, 9.17) is 5.73 Å². The average Bonchev–Trinajstić information content (AvgIpc) is 3.17. The molecule has 0 saturated carbocycles. The van der Waals surface area contributed by atoms with Crippen molar-refractivity contribution < 1.29 is 18.0 Å². The van der Waals surface area contributed by atoms with Crippen LogP contribution >= 0.6 is 11.3 Å². The number of carbonyl (C=O) groups excluding carboxylic acids is 2. The highest BCUT2D eigenvalue weighted by molar-refractivity contribution is 7.92. The summed E-state index contributed by atoms with van der Waals surface area (Å²) < 4.78 is 27.5. The number of nitrogens with zero attached hydrogens (tertiary/aromatic N) is 1. The molecule has 0 unspecified atom stereocenters. The number of hydrogen-bond donors (Lipinski definition) is 2. The zero-order valence-corrected chi connectivity index (χ0v) is 20.1. The first-order valence-corrected chi connectivity index (χ1v) is 12.9. The molecule has 0 atom stereocenters. The monoisotopic (exact) mass is 483 g/mol. The fourth-order valence-corrected chi connectivity index (χ4v) is 6.47. The van der Waals surface area contributed by atoms with Crippen LogP contribution in [0.1, 0.15) is 49.6 Å². The second-order valence-corrected chi connectivity index (χ2v) is 11.1. The van der Waals surface area contributed by atoms with Crippen LogP contribution < -0.4 is 15.4 Å². The lowest BCUT2D eigenvalue weighted by Crippen LogP contribution is -2.27. The number of sulfonamides is 1. The van der Waals surface area contributed by atoms with E-state index in [2.05, 4.69) is 5.32 Å². The van der Waals surface area contributed by atoms with E-state index in [1.165, 1.54) is 47.0 Å². The Labute approximate surface area is 197 Å². The maximum atomic E-state index is 13.2. The fraction of sp³-hybridized carbons (Fsp3) is 0.250. The molecule has 0 aliphatic heterocycles. The number of carbonyl (C=O) groups is 2. The molecule has 0 bridgehead atoms. The number of rotatable bonds is 6. The van der Waals surface area contributed by atoms with Crippen molar-refractivity contribution in [3.63, 3.8) is 0 Å². The predicted molar refractivity (Wildman–Crippen MR) is 131 cm³/mol. The Hall–Kier alpha value is -3.17. The van der Waals surface area contributed by atoms with Crippen LogP contribution in [0, 0.1) is 6.92 Å². The van der Waals surface area contributed by atoms with E-state index in [1.54, 1.807) is 12.1 Å². The first-order valence-electron chi connectivity index (χ1n) is 10.6. The van der Waals surface area contributed by atoms with E-state index < -0.39 is 21.8 Å². The Morgan fingerprint density at radius 3 is 2.45 bits per heavy atom. The third kappa shape index (κ3) is 4.51. The first-order chi connectivity index (χ1) is 15.7. The third-order valence-electron chi connectivity index (χ3n) is 5.80. The standard InChI is InChI=1S/C24H25N3O4S2/c1-15-10-12-17(13-11-15)27(2)33(30,31)18-7-5-6-16(14-18)23(29)26-24-21(22(25)28)19-8-3-4-9-20(19)32-24/h5-7,10-14H,3-4,8-9H2,1-2H3,(H2,25,28)(H,26,29). The molecule has 1 heterocycles. The van der Waals surface area contributed by atoms with E-state index >= 15 is 0 Å². The molecule has 0 radical (unpaired) electrons. The Balaban J connectivity index is 1.62. The number of aryl methyl sites for hydroxylation is 2. The van der Waals surface area contributed by atoms with E-state index in [0.717, 1.165) is 41.7 Å². The minimum atomic E-state index is -3.88. The van der Waals surface area contributed by atoms with Gasteiger partial charge in [-0.05, 0) is 68.5 Å². The van der Waals surface area contributed by atoms with E-state index in [-0.39, 0.29) is 10.5 Å². The Morgan fingerprint density at radius 2 is 1.76 bits per heavy atom. The summed E-state index contributed by atoms with van der Waals surface area (Å²) in [5.74, 6) is -1.06. The van der Waals surface area contributed by atoms with Crippen molar-refractivity contribution >= 4 is 43.9 Å². The molecule has 3 N–H and O–H groups in total. The van der Waals surface area contributed by atoms with E-state index in [0.29, 0.717) is 16.3 Å². The SMILES string of the molecule is Cc1ccc(N(C)S(=O)(=O)c2cccc(C(=O)Nc3sc4c(c3C(N)=O)CCCC4)c2)cc1. The topological polar surface area (TPSA) is 110 Å². The molecule has 1 aliphatic carbocycles. The molecule has 33 heavy (non-hydrogen) atoms. The van der Waals surface area contributed by atoms with Crippen molar-refractivity contribution in [1.82, 2.24) is 0 Å². The van der Waals surface area contributed by atoms with Gasteiger partial charge in [0.05, 0.1) is 16.1 Å². The number of nitrogens with two attached hydrogens (primary N) is 1. The minimum Gasteiger partial charge on any atom is -0.365 e. The summed E-state index contributed by atoms with van der Waals surface area (Å²) >= 11 is 1.37. The van der Waals surface area contributed by atoms with Gasteiger partial charge in [-0.3, -0.25) is 13.9 Å². The average molecular weight is 484 g/mol. The molecule has 1 aliphatic rings. The predicted octanol–water partition coefficient (Wildman–Crippen LogP) is 4.11. The number of amides is 2. The van der Waals surface area contributed by atoms with Gasteiger partial charge in [-0.2, -0.15) is 0 Å². The third-order valence-corrected chi connectivity index (χ3v) is 8.79. The van der Waals surface area contributed by atoms with Crippen molar-refractivity contribution in [1.29, 1.82) is 0 Å². The molecule has 1 aromatic heterocycles. The van der Waals surface area contributed by atoms with Crippen LogP contribution in [0.3, 0.4) is 0 Å². The fourth-order valence-electron chi connectivity index (χ4n) is 3.94. The quantitative estimate of drug-likeness (QED) is 0.550. The molecule has 7 nitrogen and oxygen atoms in total. The number of primary amides is 1. The van der Waals surface area contributed by atoms with Crippen LogP contribution in [0.25, 0.3) is 0 Å². The van der Waals surface area contributed by atoms with Crippen LogP contribution in [0.4, 0.5) is 10.7 Å². The van der Waals surface area contributed by atoms with Gasteiger partial charge in [0, 0.05) is 17.5 Å². The zero-order valence-electron chi connectivity index (χ0n) is 18.4. The summed E-state index contributed by atoms with van der Waals surface area (Å²) in [6, 6.07) is 13.0. The van der Waals surface area contributed by atoms with Gasteiger partial charge in [0.15, 0.2) is 0 Å². The van der Waals surface area contributed by atoms with Gasteiger partial charge < -0.3 is 11.1 Å². The van der Waals surface area contributed by atoms with Gasteiger partial charge in [0.2, 0.25) is 0 Å². The van der Waals surface area contributed by atoms with Gasteiger partial charge in [0.25, 0.3) is 21.8 Å². The Kier molecular flexibility index (Phi) is 6.27. The maximum absolute atomic E-state index is 13.2. The lowest BCUT2D eigenvalue weighted by Gasteiger charge is -2.20. The number of nitrogens with one attached hydrogen (secondary N) is 1. The van der Waals surface area contributed by atoms with E-state index in [1.807, 2.05) is 19.1 Å². The highest BCUT2D eigenvalue weighted by atomic mass is 32.2. The van der Waals surface area contributed by atoms with Gasteiger partial charge >= 0.3 is 0 Å². The van der Waals surface area contributed by atoms with Crippen LogP contribution in [0.5, 0.6) is 0 Å². The number of benzene rings is 2. The highest BCUT2D eigenvalue weighted by Crippen LogP contribution is 2.38. The summed E-state index contributed by atoms with van der Waals surface area (Å²) in [4.78, 5) is 26.1. The summed E-state index contributed by atoms with van der Waals surface area (Å²) in [6.45, 7) is 1.92. The van der Waals surface area contributed by atoms with Crippen molar-refractivity contribution in [2.75, 3.05) is 16.7 Å². The van der Waals surface area contributed by atoms with Crippen LogP contribution in [-0.4, -0.2) is 27.3 Å². The van der Waals surface area contributed by atoms with Gasteiger partial charge in [0.1, 0.15) is 5.00 Å². The highest BCUT2D eigenvalue weighted by Gasteiger charge is 2.26. The molecule has 0 spiro atoms. The molecule has 3 aromatic rings. The summed E-state index contributed by atoms with van der Waals surface area (Å²) in [5, 5.41) is 3.20. The molecule has 0 saturated heterocycles. The molecule has 172 valence electrons. The first kappa shape index (κ1) is 23.0. The van der Waals surface area contributed by atoms with Crippen LogP contribution in [-0.2, 0) is 22.9 Å². The molecule has 9 heteroatoms. The van der Waals surface area contributed by atoms with Crippen LogP contribution in [0.2, 0.25) is 0 Å². The Bertz CT molecular complexity index is 1330. The molecular formula is C24H25N3O4S2. The summed E-state index contributed by atoms with van der Waals surface area (Å²) in [6.07, 6.45) is 3.63. The second kappa shape index (κ2) is 8.99. The van der Waals surface area contributed by atoms with Crippen molar-refractivity contribution in [2.45, 2.75) is 37.5 Å². The van der Waals surface area contributed by atoms with Crippen LogP contribution in [0.15, 0.2) is 53.4 Å². The zero-order chi connectivity index (χ0) is 23.8. The summed E-state index contributed by atoms with van der Waals surface area (Å²) in [7, 11) is -2.40. The largest absolute Gasteiger partial charge is 0.365 e. The number of thiophene rings is 1. The van der Waals surface area contributed by atoms with Crippen molar-refractivity contribution in [3.8, 4) is 0 Å². The lowest BCUT2D eigenvalue weighted by molar-refractivity contribution is 0.100. The summed E-state index contributed by atoms with van der Waals surface area (Å²) in [5.41, 5.74) is 8.61. The molecule has 4 rings (SSSR count). The Morgan fingerprint density at radius 1 is 1.06 bits per heavy atom. The maximum Gasteiger partial charge on any atom is 0.264 e. The van der Waals surface area contributed by atoms with Gasteiger partial charge in [-0.25, -0.2) is 8.42 Å². The van der Waals surface area contributed by atoms with Gasteiger partial charge in [-0.1, -0.05) is 23.8 Å². The van der Waals surface area contributed by atoms with Crippen molar-refractivity contribution in [2.24, 2.45) is 5.73 Å². The normalized spacial score (nSPS) is 13.3. The molecule has 2 amide bonds. The number of fused-ring (bicyclic) bond motifs is 1. The number of hydrogen-bond acceptors (Lipinski definition) is 5. The molecule has 0 fully saturated rings.